The van der Waals surface area contributed by atoms with E-state index in [9.17, 15) is 4.79 Å². The zero-order valence-corrected chi connectivity index (χ0v) is 18.2. The minimum atomic E-state index is 0.117. The van der Waals surface area contributed by atoms with Crippen molar-refractivity contribution in [1.82, 2.24) is 24.5 Å². The number of nitrogens with zero attached hydrogens (tertiary/aromatic N) is 5. The molecule has 1 amide bonds. The Morgan fingerprint density at radius 1 is 1.13 bits per heavy atom. The molecule has 0 radical (unpaired) electrons. The highest BCUT2D eigenvalue weighted by Gasteiger charge is 2.30. The first-order valence-electron chi connectivity index (χ1n) is 11.4. The molecule has 166 valence electrons. The van der Waals surface area contributed by atoms with Crippen molar-refractivity contribution in [3.05, 3.63) is 41.7 Å². The number of carbonyl (C=O) groups is 1. The van der Waals surface area contributed by atoms with Gasteiger partial charge in [-0.05, 0) is 37.5 Å². The number of ether oxygens (including phenoxy) is 2. The number of aryl methyl sites for hydroxylation is 1. The van der Waals surface area contributed by atoms with Gasteiger partial charge in [-0.3, -0.25) is 19.3 Å². The smallest absolute Gasteiger partial charge is 0.257 e. The number of hydrogen-bond donors (Lipinski definition) is 0. The number of benzene rings is 1. The molecule has 0 N–H and O–H groups in total. The van der Waals surface area contributed by atoms with Crippen LogP contribution in [0.4, 0.5) is 0 Å². The molecule has 2 fully saturated rings. The molecule has 1 aromatic heterocycles. The highest BCUT2D eigenvalue weighted by molar-refractivity contribution is 5.93. The summed E-state index contributed by atoms with van der Waals surface area (Å²) in [7, 11) is 0. The Morgan fingerprint density at radius 3 is 2.77 bits per heavy atom. The molecule has 0 bridgehead atoms. The van der Waals surface area contributed by atoms with Crippen molar-refractivity contribution < 1.29 is 14.3 Å². The number of hydrogen-bond acceptors (Lipinski definition) is 6. The maximum Gasteiger partial charge on any atom is 0.257 e. The molecular weight excluding hydrogens is 394 g/mol. The van der Waals surface area contributed by atoms with Gasteiger partial charge in [-0.2, -0.15) is 5.10 Å². The van der Waals surface area contributed by atoms with Gasteiger partial charge in [0.05, 0.1) is 11.8 Å². The van der Waals surface area contributed by atoms with Crippen LogP contribution in [0.25, 0.3) is 0 Å². The number of carbonyl (C=O) groups excluding carboxylic acids is 1. The van der Waals surface area contributed by atoms with E-state index in [2.05, 4.69) is 27.0 Å². The molecule has 3 aliphatic rings. The van der Waals surface area contributed by atoms with E-state index < -0.39 is 0 Å². The van der Waals surface area contributed by atoms with Crippen molar-refractivity contribution in [2.45, 2.75) is 38.9 Å². The Morgan fingerprint density at radius 2 is 1.97 bits per heavy atom. The molecule has 2 saturated heterocycles. The summed E-state index contributed by atoms with van der Waals surface area (Å²) in [6, 6.07) is 6.68. The van der Waals surface area contributed by atoms with Gasteiger partial charge in [-0.15, -0.1) is 0 Å². The molecule has 8 nitrogen and oxygen atoms in total. The van der Waals surface area contributed by atoms with Crippen molar-refractivity contribution in [2.24, 2.45) is 0 Å². The first-order valence-corrected chi connectivity index (χ1v) is 11.4. The fraction of sp³-hybridized carbons (Fsp3) is 0.565. The predicted molar refractivity (Wildman–Crippen MR) is 116 cm³/mol. The van der Waals surface area contributed by atoms with E-state index in [1.807, 2.05) is 28.8 Å². The van der Waals surface area contributed by atoms with E-state index >= 15 is 0 Å². The number of fused-ring (bicyclic) bond motifs is 1. The molecule has 0 saturated carbocycles. The SMILES string of the molecule is CCn1cc(C(=O)N2CCC[C@@H](N3CCN(Cc4ccc5c(c4)OCO5)CC3)C2)cn1. The molecule has 0 spiro atoms. The molecule has 31 heavy (non-hydrogen) atoms. The van der Waals surface area contributed by atoms with Gasteiger partial charge in [0.2, 0.25) is 6.79 Å². The summed E-state index contributed by atoms with van der Waals surface area (Å²) in [6.45, 7) is 9.91. The first-order chi connectivity index (χ1) is 15.2. The van der Waals surface area contributed by atoms with Gasteiger partial charge in [0.15, 0.2) is 11.5 Å². The van der Waals surface area contributed by atoms with Crippen LogP contribution in [0.5, 0.6) is 11.5 Å². The van der Waals surface area contributed by atoms with E-state index in [-0.39, 0.29) is 5.91 Å². The molecule has 3 aliphatic heterocycles. The van der Waals surface area contributed by atoms with Crippen LogP contribution in [0.3, 0.4) is 0 Å². The number of piperazine rings is 1. The second-order valence-electron chi connectivity index (χ2n) is 8.63. The molecule has 1 aromatic carbocycles. The lowest BCUT2D eigenvalue weighted by Gasteiger charge is -2.43. The predicted octanol–water partition coefficient (Wildman–Crippen LogP) is 2.05. The van der Waals surface area contributed by atoms with Crippen molar-refractivity contribution in [2.75, 3.05) is 46.1 Å². The first kappa shape index (κ1) is 20.3. The molecule has 2 aromatic rings. The Labute approximate surface area is 183 Å². The van der Waals surface area contributed by atoms with Crippen LogP contribution in [0.2, 0.25) is 0 Å². The Hall–Kier alpha value is -2.58. The summed E-state index contributed by atoms with van der Waals surface area (Å²) >= 11 is 0. The average Bonchev–Trinajstić information content (AvgIpc) is 3.48. The van der Waals surface area contributed by atoms with Gasteiger partial charge >= 0.3 is 0 Å². The average molecular weight is 426 g/mol. The fourth-order valence-electron chi connectivity index (χ4n) is 4.85. The molecule has 5 rings (SSSR count). The molecule has 1 atom stereocenters. The summed E-state index contributed by atoms with van der Waals surface area (Å²) in [5, 5.41) is 4.26. The summed E-state index contributed by atoms with van der Waals surface area (Å²) in [4.78, 5) is 20.0. The third-order valence-corrected chi connectivity index (χ3v) is 6.65. The third kappa shape index (κ3) is 4.41. The van der Waals surface area contributed by atoms with E-state index in [1.165, 1.54) is 12.0 Å². The van der Waals surface area contributed by atoms with Gasteiger partial charge in [0.1, 0.15) is 0 Å². The van der Waals surface area contributed by atoms with Crippen molar-refractivity contribution in [1.29, 1.82) is 0 Å². The van der Waals surface area contributed by atoms with Crippen LogP contribution < -0.4 is 9.47 Å². The van der Waals surface area contributed by atoms with Gasteiger partial charge in [0.25, 0.3) is 5.91 Å². The van der Waals surface area contributed by atoms with E-state index in [0.29, 0.717) is 18.4 Å². The van der Waals surface area contributed by atoms with Crippen LogP contribution in [0.1, 0.15) is 35.7 Å². The monoisotopic (exact) mass is 425 g/mol. The number of amides is 1. The van der Waals surface area contributed by atoms with Crippen LogP contribution in [-0.2, 0) is 13.1 Å². The zero-order chi connectivity index (χ0) is 21.2. The maximum absolute atomic E-state index is 12.9. The van der Waals surface area contributed by atoms with Crippen LogP contribution in [0, 0.1) is 0 Å². The lowest BCUT2D eigenvalue weighted by Crippen LogP contribution is -2.55. The zero-order valence-electron chi connectivity index (χ0n) is 18.2. The molecule has 0 unspecified atom stereocenters. The molecular formula is C23H31N5O3. The Balaban J connectivity index is 1.13. The second kappa shape index (κ2) is 8.88. The minimum Gasteiger partial charge on any atom is -0.454 e. The van der Waals surface area contributed by atoms with Crippen molar-refractivity contribution in [3.63, 3.8) is 0 Å². The minimum absolute atomic E-state index is 0.117. The largest absolute Gasteiger partial charge is 0.454 e. The normalized spacial score (nSPS) is 22.1. The standard InChI is InChI=1S/C23H31N5O3/c1-2-28-15-19(13-24-28)23(29)27-7-3-4-20(16-27)26-10-8-25(9-11-26)14-18-5-6-21-22(12-18)31-17-30-21/h5-6,12-13,15,20H,2-4,7-11,14,16-17H2,1H3/t20-/m1/s1. The highest BCUT2D eigenvalue weighted by Crippen LogP contribution is 2.33. The van der Waals surface area contributed by atoms with Crippen LogP contribution in [-0.4, -0.2) is 82.5 Å². The Bertz CT molecular complexity index is 922. The van der Waals surface area contributed by atoms with Gasteiger partial charge in [-0.1, -0.05) is 6.07 Å². The summed E-state index contributed by atoms with van der Waals surface area (Å²) < 4.78 is 12.7. The number of rotatable bonds is 5. The number of piperidine rings is 1. The lowest BCUT2D eigenvalue weighted by atomic mass is 10.0. The topological polar surface area (TPSA) is 63.1 Å². The quantitative estimate of drug-likeness (QED) is 0.731. The number of aromatic nitrogens is 2. The van der Waals surface area contributed by atoms with Crippen molar-refractivity contribution >= 4 is 5.91 Å². The molecule has 8 heteroatoms. The van der Waals surface area contributed by atoms with Crippen LogP contribution in [0.15, 0.2) is 30.6 Å². The summed E-state index contributed by atoms with van der Waals surface area (Å²) in [6.07, 6.45) is 5.79. The second-order valence-corrected chi connectivity index (χ2v) is 8.63. The van der Waals surface area contributed by atoms with Crippen molar-refractivity contribution in [3.8, 4) is 11.5 Å². The van der Waals surface area contributed by atoms with E-state index in [0.717, 1.165) is 70.3 Å². The lowest BCUT2D eigenvalue weighted by molar-refractivity contribution is 0.0407. The van der Waals surface area contributed by atoms with Gasteiger partial charge < -0.3 is 14.4 Å². The third-order valence-electron chi connectivity index (χ3n) is 6.65. The molecule has 0 aliphatic carbocycles. The van der Waals surface area contributed by atoms with E-state index in [4.69, 9.17) is 9.47 Å². The number of likely N-dealkylation sites (tertiary alicyclic amines) is 1. The van der Waals surface area contributed by atoms with Gasteiger partial charge in [0, 0.05) is 64.6 Å². The van der Waals surface area contributed by atoms with E-state index in [1.54, 1.807) is 6.20 Å². The fourth-order valence-corrected chi connectivity index (χ4v) is 4.85. The summed E-state index contributed by atoms with van der Waals surface area (Å²) in [5.41, 5.74) is 1.97. The molecule has 4 heterocycles. The van der Waals surface area contributed by atoms with Gasteiger partial charge in [-0.25, -0.2) is 0 Å². The Kier molecular flexibility index (Phi) is 5.82. The van der Waals surface area contributed by atoms with Crippen LogP contribution >= 0.6 is 0 Å². The maximum atomic E-state index is 12.9. The highest BCUT2D eigenvalue weighted by atomic mass is 16.7. The summed E-state index contributed by atoms with van der Waals surface area (Å²) in [5.74, 6) is 1.81.